The van der Waals surface area contributed by atoms with E-state index in [4.69, 9.17) is 23.7 Å². The zero-order valence-electron chi connectivity index (χ0n) is 54.9. The summed E-state index contributed by atoms with van der Waals surface area (Å²) in [6, 6.07) is 7.03. The first kappa shape index (κ1) is 76.0. The van der Waals surface area contributed by atoms with Gasteiger partial charge in [0.05, 0.1) is 59.3 Å². The van der Waals surface area contributed by atoms with Gasteiger partial charge in [-0.05, 0) is 89.7 Å². The first-order valence-electron chi connectivity index (χ1n) is 33.3. The quantitative estimate of drug-likeness (QED) is 0.0160. The number of halogens is 2. The Balaban J connectivity index is 0.737. The third-order valence-electron chi connectivity index (χ3n) is 16.4. The highest BCUT2D eigenvalue weighted by Crippen LogP contribution is 2.43. The standard InChI is InChI=1S/C68H95BrFN9O15/c1-47(80)65-55-39-49(24-29-57(55)79(77-65)44-63(85)78-43-51(70)40-58(78)67(87)76-66-54(48-22-23-48)27-30-59(69)75-66)50-41-72-60(73-42-50)31-26-53(82)45-93-37-36-92-34-32-71-62(84)46-94-38-35-91-33-18-19-52(81)25-28-56(68(88)90-3)74-61(83)20-16-14-12-10-8-6-4-5-7-9-11-13-15-17-21-64(86)89-2/h24,27,29-30,39,41-42,48,51,56,58H,4-23,25-26,28,31-38,40,43-46H2,1-3H3,(H,71,84)(H,74,83)(H,75,76,87)/t51-,56+,58+/m1/s1. The Morgan fingerprint density at radius 2 is 1.31 bits per heavy atom. The minimum Gasteiger partial charge on any atom is -0.469 e. The van der Waals surface area contributed by atoms with Crippen molar-refractivity contribution in [3.8, 4) is 11.1 Å². The molecule has 1 aromatic carbocycles. The van der Waals surface area contributed by atoms with Crippen LogP contribution in [0.4, 0.5) is 10.2 Å². The molecule has 4 aromatic rings. The summed E-state index contributed by atoms with van der Waals surface area (Å²) < 4.78 is 48.3. The number of hydrogen-bond acceptors (Lipinski definition) is 19. The number of fused-ring (bicyclic) bond motifs is 1. The molecule has 0 spiro atoms. The molecule has 0 bridgehead atoms. The predicted octanol–water partition coefficient (Wildman–Crippen LogP) is 9.19. The van der Waals surface area contributed by atoms with E-state index >= 15 is 0 Å². The zero-order valence-corrected chi connectivity index (χ0v) is 56.5. The van der Waals surface area contributed by atoms with E-state index in [2.05, 4.69) is 56.7 Å². The minimum absolute atomic E-state index is 0.0557. The third-order valence-corrected chi connectivity index (χ3v) is 16.8. The number of alkyl halides is 1. The molecule has 3 N–H and O–H groups in total. The van der Waals surface area contributed by atoms with Gasteiger partial charge in [0.15, 0.2) is 11.6 Å². The van der Waals surface area contributed by atoms with Crippen molar-refractivity contribution < 1.29 is 76.0 Å². The number of likely N-dealkylation sites (tertiary alicyclic amines) is 1. The lowest BCUT2D eigenvalue weighted by Crippen LogP contribution is -2.44. The first-order chi connectivity index (χ1) is 45.5. The summed E-state index contributed by atoms with van der Waals surface area (Å²) in [6.07, 6.45) is 21.5. The molecule has 3 atom stereocenters. The molecule has 24 nitrogen and oxygen atoms in total. The molecule has 4 heterocycles. The van der Waals surface area contributed by atoms with Crippen molar-refractivity contribution >= 4 is 85.6 Å². The van der Waals surface area contributed by atoms with Gasteiger partial charge in [0.1, 0.15) is 65.7 Å². The topological polar surface area (TPSA) is 305 Å². The first-order valence-corrected chi connectivity index (χ1v) is 34.1. The fourth-order valence-corrected chi connectivity index (χ4v) is 11.3. The van der Waals surface area contributed by atoms with E-state index in [1.54, 1.807) is 30.6 Å². The van der Waals surface area contributed by atoms with Gasteiger partial charge >= 0.3 is 11.9 Å². The van der Waals surface area contributed by atoms with E-state index in [0.29, 0.717) is 64.1 Å². The van der Waals surface area contributed by atoms with E-state index < -0.39 is 36.0 Å². The number of esters is 2. The van der Waals surface area contributed by atoms with Crippen LogP contribution in [0.1, 0.15) is 189 Å². The summed E-state index contributed by atoms with van der Waals surface area (Å²) in [5, 5.41) is 13.2. The van der Waals surface area contributed by atoms with Gasteiger partial charge in [0.25, 0.3) is 0 Å². The summed E-state index contributed by atoms with van der Waals surface area (Å²) in [5.41, 5.74) is 2.85. The summed E-state index contributed by atoms with van der Waals surface area (Å²) >= 11 is 3.36. The Kier molecular flexibility index (Phi) is 34.3. The Hall–Kier alpha value is -7.00. The van der Waals surface area contributed by atoms with Crippen LogP contribution in [0.15, 0.2) is 47.3 Å². The smallest absolute Gasteiger partial charge is 0.328 e. The molecular weight excluding hydrogens is 1280 g/mol. The minimum atomic E-state index is -1.40. The predicted molar refractivity (Wildman–Crippen MR) is 351 cm³/mol. The molecule has 26 heteroatoms. The highest BCUT2D eigenvalue weighted by Gasteiger charge is 2.41. The van der Waals surface area contributed by atoms with Crippen molar-refractivity contribution in [3.63, 3.8) is 0 Å². The number of pyridine rings is 1. The normalized spacial score (nSPS) is 14.8. The van der Waals surface area contributed by atoms with Crippen LogP contribution in [-0.2, 0) is 79.7 Å². The second-order valence-electron chi connectivity index (χ2n) is 24.0. The molecule has 2 fully saturated rings. The van der Waals surface area contributed by atoms with E-state index in [0.717, 1.165) is 56.9 Å². The zero-order chi connectivity index (χ0) is 67.5. The number of carbonyl (C=O) groups is 9. The van der Waals surface area contributed by atoms with Crippen molar-refractivity contribution in [1.82, 2.24) is 40.3 Å². The monoisotopic (exact) mass is 1380 g/mol. The number of ketones is 3. The molecule has 516 valence electrons. The van der Waals surface area contributed by atoms with Gasteiger partial charge in [-0.2, -0.15) is 5.10 Å². The number of Topliss-reactive ketones (excluding diaryl/α,β-unsaturated/α-hetero) is 3. The fraction of sp³-hybridized carbons (Fsp3) is 0.632. The number of aromatic nitrogens is 5. The Bertz CT molecular complexity index is 3090. The van der Waals surface area contributed by atoms with Gasteiger partial charge in [-0.15, -0.1) is 0 Å². The number of methoxy groups -OCH3 is 2. The van der Waals surface area contributed by atoms with Gasteiger partial charge in [-0.3, -0.25) is 43.0 Å². The number of benzene rings is 1. The molecule has 3 aromatic heterocycles. The van der Waals surface area contributed by atoms with Crippen molar-refractivity contribution in [2.75, 3.05) is 85.5 Å². The van der Waals surface area contributed by atoms with Gasteiger partial charge < -0.3 is 49.3 Å². The lowest BCUT2D eigenvalue weighted by Gasteiger charge is -2.24. The molecule has 0 radical (unpaired) electrons. The van der Waals surface area contributed by atoms with E-state index in [-0.39, 0.29) is 151 Å². The molecule has 1 aliphatic heterocycles. The van der Waals surface area contributed by atoms with Gasteiger partial charge in [-0.1, -0.05) is 89.2 Å². The van der Waals surface area contributed by atoms with Crippen LogP contribution in [0.25, 0.3) is 22.0 Å². The second kappa shape index (κ2) is 42.4. The van der Waals surface area contributed by atoms with Crippen LogP contribution in [0, 0.1) is 0 Å². The number of anilines is 1. The molecule has 6 rings (SSSR count). The largest absolute Gasteiger partial charge is 0.469 e. The molecule has 4 amide bonds. The lowest BCUT2D eigenvalue weighted by molar-refractivity contribution is -0.145. The fourth-order valence-electron chi connectivity index (χ4n) is 11.0. The van der Waals surface area contributed by atoms with E-state index in [1.807, 2.05) is 12.1 Å². The maximum Gasteiger partial charge on any atom is 0.328 e. The molecule has 2 aliphatic rings. The highest BCUT2D eigenvalue weighted by molar-refractivity contribution is 9.10. The van der Waals surface area contributed by atoms with E-state index in [9.17, 15) is 47.5 Å². The summed E-state index contributed by atoms with van der Waals surface area (Å²) in [6.45, 7) is 2.04. The number of carbonyl (C=O) groups excluding carboxylic acids is 9. The van der Waals surface area contributed by atoms with Gasteiger partial charge in [0.2, 0.25) is 23.6 Å². The number of nitrogens with zero attached hydrogens (tertiary/aromatic N) is 6. The number of nitrogens with one attached hydrogen (secondary N) is 3. The number of rotatable bonds is 49. The average Bonchev–Trinajstić information content (AvgIpc) is 1.62. The summed E-state index contributed by atoms with van der Waals surface area (Å²) in [4.78, 5) is 128. The Morgan fingerprint density at radius 1 is 0.670 bits per heavy atom. The average molecular weight is 1380 g/mol. The van der Waals surface area contributed by atoms with Crippen LogP contribution in [0.3, 0.4) is 0 Å². The van der Waals surface area contributed by atoms with Crippen molar-refractivity contribution in [2.45, 2.75) is 198 Å². The highest BCUT2D eigenvalue weighted by atomic mass is 79.9. The van der Waals surface area contributed by atoms with Crippen LogP contribution < -0.4 is 16.0 Å². The maximum absolute atomic E-state index is 14.9. The molecular formula is C68H95BrFN9O15. The summed E-state index contributed by atoms with van der Waals surface area (Å²) in [7, 11) is 2.69. The molecule has 1 aliphatic carbocycles. The van der Waals surface area contributed by atoms with Crippen LogP contribution >= 0.6 is 15.9 Å². The number of amides is 4. The van der Waals surface area contributed by atoms with Gasteiger partial charge in [0, 0.05) is 88.4 Å². The maximum atomic E-state index is 14.9. The molecule has 94 heavy (non-hydrogen) atoms. The Morgan fingerprint density at radius 3 is 1.96 bits per heavy atom. The van der Waals surface area contributed by atoms with Crippen LogP contribution in [0.5, 0.6) is 0 Å². The number of ether oxygens (including phenoxy) is 6. The molecule has 0 unspecified atom stereocenters. The third kappa shape index (κ3) is 27.8. The van der Waals surface area contributed by atoms with Crippen molar-refractivity contribution in [1.29, 1.82) is 0 Å². The molecule has 1 saturated carbocycles. The number of unbranched alkanes of at least 4 members (excludes halogenated alkanes) is 13. The lowest BCUT2D eigenvalue weighted by atomic mass is 10.0. The van der Waals surface area contributed by atoms with E-state index in [1.165, 1.54) is 82.1 Å². The Labute approximate surface area is 558 Å². The summed E-state index contributed by atoms with van der Waals surface area (Å²) in [5.74, 6) is -1.72. The van der Waals surface area contributed by atoms with Crippen molar-refractivity contribution in [2.24, 2.45) is 0 Å². The van der Waals surface area contributed by atoms with Gasteiger partial charge in [-0.25, -0.2) is 24.1 Å². The SMILES string of the molecule is COC(=O)CCCCCCCCCCCCCCCCC(=O)N[C@@H](CCC(=O)CCCOCCOCC(=O)NCCOCCOCC(=O)CCc1ncc(-c2ccc3c(c2)c(C(C)=O)nn3CC(=O)N2C[C@H](F)C[C@H]2C(=O)Nc2nc(Br)ccc2C2CC2)cn1)C(=O)OC. The number of hydrogen-bond donors (Lipinski definition) is 3. The van der Waals surface area contributed by atoms with Crippen LogP contribution in [-0.4, -0.2) is 181 Å². The van der Waals surface area contributed by atoms with Crippen molar-refractivity contribution in [3.05, 3.63) is 64.4 Å². The molecule has 1 saturated heterocycles. The van der Waals surface area contributed by atoms with Crippen LogP contribution in [0.2, 0.25) is 0 Å². The number of aryl methyl sites for hydroxylation is 1. The second-order valence-corrected chi connectivity index (χ2v) is 24.8.